The molecule has 0 saturated carbocycles. The van der Waals surface area contributed by atoms with Crippen LogP contribution in [0.3, 0.4) is 0 Å². The largest absolute Gasteiger partial charge is 0.314 e. The van der Waals surface area contributed by atoms with Gasteiger partial charge in [-0.25, -0.2) is 0 Å². The first-order valence-corrected chi connectivity index (χ1v) is 7.18. The van der Waals surface area contributed by atoms with E-state index in [2.05, 4.69) is 55.3 Å². The van der Waals surface area contributed by atoms with Crippen LogP contribution in [0.5, 0.6) is 0 Å². The Balaban J connectivity index is 0.00000180. The summed E-state index contributed by atoms with van der Waals surface area (Å²) in [7, 11) is 0. The molecule has 0 aromatic heterocycles. The number of nitrogens with zero attached hydrogens (tertiary/aromatic N) is 1. The molecular formula is C16H28Cl2N2. The summed E-state index contributed by atoms with van der Waals surface area (Å²) in [4.78, 5) is 2.65. The summed E-state index contributed by atoms with van der Waals surface area (Å²) >= 11 is 0. The van der Waals surface area contributed by atoms with Gasteiger partial charge in [0.05, 0.1) is 0 Å². The molecule has 20 heavy (non-hydrogen) atoms. The Bertz CT molecular complexity index is 376. The van der Waals surface area contributed by atoms with Gasteiger partial charge in [-0.1, -0.05) is 38.1 Å². The summed E-state index contributed by atoms with van der Waals surface area (Å²) in [5.74, 6) is 0.740. The van der Waals surface area contributed by atoms with Crippen molar-refractivity contribution < 1.29 is 0 Å². The molecule has 1 saturated heterocycles. The van der Waals surface area contributed by atoms with Crippen molar-refractivity contribution in [2.45, 2.75) is 33.2 Å². The lowest BCUT2D eigenvalue weighted by atomic mass is 9.92. The number of benzene rings is 1. The monoisotopic (exact) mass is 318 g/mol. The Kier molecular flexibility index (Phi) is 9.48. The molecule has 116 valence electrons. The van der Waals surface area contributed by atoms with Gasteiger partial charge in [-0.3, -0.25) is 4.90 Å². The first kappa shape index (κ1) is 19.7. The molecular weight excluding hydrogens is 291 g/mol. The highest BCUT2D eigenvalue weighted by Gasteiger charge is 2.23. The van der Waals surface area contributed by atoms with Crippen LogP contribution in [0.25, 0.3) is 0 Å². The van der Waals surface area contributed by atoms with Gasteiger partial charge in [0, 0.05) is 32.2 Å². The number of hydrogen-bond donors (Lipinski definition) is 1. The van der Waals surface area contributed by atoms with Gasteiger partial charge >= 0.3 is 0 Å². The molecule has 0 amide bonds. The molecule has 1 N–H and O–H groups in total. The van der Waals surface area contributed by atoms with E-state index in [1.165, 1.54) is 30.6 Å². The Morgan fingerprint density at radius 1 is 1.10 bits per heavy atom. The highest BCUT2D eigenvalue weighted by atomic mass is 35.5. The number of halogens is 2. The first-order valence-electron chi connectivity index (χ1n) is 7.18. The summed E-state index contributed by atoms with van der Waals surface area (Å²) in [5, 5.41) is 3.45. The van der Waals surface area contributed by atoms with Crippen molar-refractivity contribution in [3.63, 3.8) is 0 Å². The van der Waals surface area contributed by atoms with E-state index >= 15 is 0 Å². The Labute approximate surface area is 136 Å². The van der Waals surface area contributed by atoms with Gasteiger partial charge in [0.1, 0.15) is 0 Å². The topological polar surface area (TPSA) is 15.3 Å². The lowest BCUT2D eigenvalue weighted by Gasteiger charge is -2.37. The van der Waals surface area contributed by atoms with Crippen molar-refractivity contribution in [1.29, 1.82) is 0 Å². The molecule has 1 aromatic rings. The van der Waals surface area contributed by atoms with Gasteiger partial charge in [-0.2, -0.15) is 0 Å². The fourth-order valence-electron chi connectivity index (χ4n) is 2.87. The lowest BCUT2D eigenvalue weighted by molar-refractivity contribution is 0.153. The van der Waals surface area contributed by atoms with Crippen molar-refractivity contribution >= 4 is 24.8 Å². The molecule has 2 nitrogen and oxygen atoms in total. The Morgan fingerprint density at radius 2 is 1.70 bits per heavy atom. The molecule has 1 aliphatic heterocycles. The minimum absolute atomic E-state index is 0. The van der Waals surface area contributed by atoms with E-state index in [0.717, 1.165) is 19.0 Å². The van der Waals surface area contributed by atoms with Crippen LogP contribution in [0.1, 0.15) is 37.4 Å². The van der Waals surface area contributed by atoms with Gasteiger partial charge in [0.25, 0.3) is 0 Å². The van der Waals surface area contributed by atoms with E-state index in [0.29, 0.717) is 6.04 Å². The van der Waals surface area contributed by atoms with Gasteiger partial charge in [-0.15, -0.1) is 24.8 Å². The molecule has 1 aromatic carbocycles. The van der Waals surface area contributed by atoms with Gasteiger partial charge in [0.15, 0.2) is 0 Å². The zero-order chi connectivity index (χ0) is 13.0. The van der Waals surface area contributed by atoms with Gasteiger partial charge in [-0.05, 0) is 30.4 Å². The molecule has 0 spiro atoms. The third-order valence-electron chi connectivity index (χ3n) is 3.83. The van der Waals surface area contributed by atoms with E-state index in [4.69, 9.17) is 0 Å². The second kappa shape index (κ2) is 9.62. The Hall–Kier alpha value is -0.280. The first-order chi connectivity index (χ1) is 8.68. The maximum absolute atomic E-state index is 3.45. The predicted molar refractivity (Wildman–Crippen MR) is 92.3 cm³/mol. The number of aryl methyl sites for hydroxylation is 1. The summed E-state index contributed by atoms with van der Waals surface area (Å²) in [5.41, 5.74) is 2.95. The number of rotatable bonds is 4. The van der Waals surface area contributed by atoms with Crippen LogP contribution in [-0.4, -0.2) is 31.1 Å². The molecule has 0 aliphatic carbocycles. The summed E-state index contributed by atoms with van der Waals surface area (Å²) in [6.07, 6.45) is 1.25. The van der Waals surface area contributed by atoms with E-state index in [1.54, 1.807) is 0 Å². The van der Waals surface area contributed by atoms with Crippen LogP contribution in [0.2, 0.25) is 0 Å². The second-order valence-electron chi connectivity index (χ2n) is 5.79. The minimum atomic E-state index is 0. The zero-order valence-corrected chi connectivity index (χ0v) is 14.4. The van der Waals surface area contributed by atoms with Gasteiger partial charge in [0.2, 0.25) is 0 Å². The van der Waals surface area contributed by atoms with Crippen LogP contribution in [0, 0.1) is 12.8 Å². The maximum atomic E-state index is 3.45. The second-order valence-corrected chi connectivity index (χ2v) is 5.79. The average molecular weight is 319 g/mol. The third-order valence-corrected chi connectivity index (χ3v) is 3.83. The van der Waals surface area contributed by atoms with Crippen LogP contribution in [0.15, 0.2) is 24.3 Å². The molecule has 0 bridgehead atoms. The standard InChI is InChI=1S/C16H26N2.2ClH/c1-13(2)12-16(18-10-8-17-9-11-18)15-7-5-4-6-14(15)3;;/h4-7,13,16-17H,8-12H2,1-3H3;2*1H/t16-;;/m1../s1. The summed E-state index contributed by atoms with van der Waals surface area (Å²) < 4.78 is 0. The smallest absolute Gasteiger partial charge is 0.0354 e. The van der Waals surface area contributed by atoms with E-state index in [9.17, 15) is 0 Å². The predicted octanol–water partition coefficient (Wildman–Crippen LogP) is 3.83. The van der Waals surface area contributed by atoms with Crippen molar-refractivity contribution in [2.24, 2.45) is 5.92 Å². The molecule has 1 fully saturated rings. The van der Waals surface area contributed by atoms with Crippen LogP contribution in [-0.2, 0) is 0 Å². The SMILES string of the molecule is Cc1ccccc1[C@@H](CC(C)C)N1CCNCC1.Cl.Cl. The van der Waals surface area contributed by atoms with E-state index in [-0.39, 0.29) is 24.8 Å². The quantitative estimate of drug-likeness (QED) is 0.907. The van der Waals surface area contributed by atoms with Crippen molar-refractivity contribution in [3.05, 3.63) is 35.4 Å². The third kappa shape index (κ3) is 5.25. The van der Waals surface area contributed by atoms with Gasteiger partial charge < -0.3 is 5.32 Å². The fourth-order valence-corrected chi connectivity index (χ4v) is 2.87. The van der Waals surface area contributed by atoms with Crippen molar-refractivity contribution in [2.75, 3.05) is 26.2 Å². The molecule has 1 aliphatic rings. The number of nitrogens with one attached hydrogen (secondary N) is 1. The van der Waals surface area contributed by atoms with Crippen molar-refractivity contribution in [3.8, 4) is 0 Å². The van der Waals surface area contributed by atoms with Crippen LogP contribution in [0.4, 0.5) is 0 Å². The molecule has 0 unspecified atom stereocenters. The maximum Gasteiger partial charge on any atom is 0.0354 e. The highest BCUT2D eigenvalue weighted by molar-refractivity contribution is 5.85. The number of hydrogen-bond acceptors (Lipinski definition) is 2. The van der Waals surface area contributed by atoms with E-state index < -0.39 is 0 Å². The number of piperazine rings is 1. The molecule has 4 heteroatoms. The summed E-state index contributed by atoms with van der Waals surface area (Å²) in [6.45, 7) is 11.5. The average Bonchev–Trinajstić information content (AvgIpc) is 2.38. The normalized spacial score (nSPS) is 17.2. The Morgan fingerprint density at radius 3 is 2.25 bits per heavy atom. The van der Waals surface area contributed by atoms with Crippen LogP contribution < -0.4 is 5.32 Å². The zero-order valence-electron chi connectivity index (χ0n) is 12.8. The molecule has 1 atom stereocenters. The molecule has 1 heterocycles. The van der Waals surface area contributed by atoms with E-state index in [1.807, 2.05) is 0 Å². The highest BCUT2D eigenvalue weighted by Crippen LogP contribution is 2.30. The fraction of sp³-hybridized carbons (Fsp3) is 0.625. The minimum Gasteiger partial charge on any atom is -0.314 e. The molecule has 0 radical (unpaired) electrons. The lowest BCUT2D eigenvalue weighted by Crippen LogP contribution is -2.45. The van der Waals surface area contributed by atoms with Crippen molar-refractivity contribution in [1.82, 2.24) is 10.2 Å². The van der Waals surface area contributed by atoms with Crippen LogP contribution >= 0.6 is 24.8 Å². The molecule has 2 rings (SSSR count). The summed E-state index contributed by atoms with van der Waals surface area (Å²) in [6, 6.07) is 9.46.